The van der Waals surface area contributed by atoms with E-state index in [1.54, 1.807) is 6.33 Å². The van der Waals surface area contributed by atoms with Gasteiger partial charge in [-0.2, -0.15) is 0 Å². The van der Waals surface area contributed by atoms with Gasteiger partial charge in [0.1, 0.15) is 12.0 Å². The quantitative estimate of drug-likeness (QED) is 0.794. The zero-order valence-corrected chi connectivity index (χ0v) is 15.5. The molecule has 0 spiro atoms. The van der Waals surface area contributed by atoms with Crippen LogP contribution in [-0.4, -0.2) is 47.9 Å². The molecule has 1 aromatic carbocycles. The predicted molar refractivity (Wildman–Crippen MR) is 107 cm³/mol. The highest BCUT2D eigenvalue weighted by molar-refractivity contribution is 5.75. The second-order valence-corrected chi connectivity index (χ2v) is 6.86. The Kier molecular flexibility index (Phi) is 6.28. The summed E-state index contributed by atoms with van der Waals surface area (Å²) in [5.41, 5.74) is 8.42. The number of nitrogen functional groups attached to an aromatic ring is 1. The Morgan fingerprint density at radius 2 is 1.92 bits per heavy atom. The molecule has 26 heavy (non-hydrogen) atoms. The molecule has 0 bridgehead atoms. The molecule has 2 aromatic rings. The molecule has 1 saturated heterocycles. The first-order chi connectivity index (χ1) is 12.7. The van der Waals surface area contributed by atoms with Crippen LogP contribution in [0.1, 0.15) is 25.3 Å². The maximum atomic E-state index is 9.25. The number of aromatic nitrogens is 2. The van der Waals surface area contributed by atoms with E-state index in [1.165, 1.54) is 5.56 Å². The molecule has 0 atom stereocenters. The number of likely N-dealkylation sites (N-methyl/N-ethyl adjacent to an activating group) is 1. The number of rotatable bonds is 7. The van der Waals surface area contributed by atoms with Crippen LogP contribution < -0.4 is 15.5 Å². The lowest BCUT2D eigenvalue weighted by Gasteiger charge is -2.34. The molecule has 1 aliphatic rings. The lowest BCUT2D eigenvalue weighted by atomic mass is 9.90. The van der Waals surface area contributed by atoms with Crippen molar-refractivity contribution in [3.63, 3.8) is 0 Å². The van der Waals surface area contributed by atoms with Crippen molar-refractivity contribution in [2.75, 3.05) is 48.3 Å². The van der Waals surface area contributed by atoms with Gasteiger partial charge in [-0.05, 0) is 37.7 Å². The van der Waals surface area contributed by atoms with Crippen LogP contribution in [0.15, 0.2) is 36.7 Å². The summed E-state index contributed by atoms with van der Waals surface area (Å²) in [5, 5.41) is 9.25. The van der Waals surface area contributed by atoms with E-state index >= 15 is 0 Å². The van der Waals surface area contributed by atoms with Gasteiger partial charge in [0.05, 0.1) is 6.61 Å². The molecule has 1 fully saturated rings. The van der Waals surface area contributed by atoms with E-state index in [0.29, 0.717) is 18.2 Å². The average Bonchev–Trinajstić information content (AvgIpc) is 2.68. The Balaban J connectivity index is 1.66. The molecule has 3 rings (SSSR count). The summed E-state index contributed by atoms with van der Waals surface area (Å²) in [6.07, 6.45) is 5.00. The SMILES string of the molecule is CCN(CCO)c1ncnc(N2CCC(Cc3ccccc3)CC2)c1N. The lowest BCUT2D eigenvalue weighted by molar-refractivity contribution is 0.302. The van der Waals surface area contributed by atoms with Crippen molar-refractivity contribution in [1.82, 2.24) is 9.97 Å². The summed E-state index contributed by atoms with van der Waals surface area (Å²) >= 11 is 0. The second kappa shape index (κ2) is 8.85. The molecule has 6 heteroatoms. The molecule has 0 radical (unpaired) electrons. The summed E-state index contributed by atoms with van der Waals surface area (Å²) in [6.45, 7) is 5.31. The minimum Gasteiger partial charge on any atom is -0.395 e. The molecule has 140 valence electrons. The molecule has 1 aromatic heterocycles. The third-order valence-electron chi connectivity index (χ3n) is 5.17. The van der Waals surface area contributed by atoms with Gasteiger partial charge < -0.3 is 20.6 Å². The number of hydrogen-bond donors (Lipinski definition) is 2. The van der Waals surface area contributed by atoms with Crippen LogP contribution in [0.2, 0.25) is 0 Å². The van der Waals surface area contributed by atoms with Crippen molar-refractivity contribution in [1.29, 1.82) is 0 Å². The monoisotopic (exact) mass is 355 g/mol. The second-order valence-electron chi connectivity index (χ2n) is 6.86. The van der Waals surface area contributed by atoms with Gasteiger partial charge in [-0.1, -0.05) is 30.3 Å². The minimum atomic E-state index is 0.0808. The fourth-order valence-corrected chi connectivity index (χ4v) is 3.71. The Labute approximate surface area is 155 Å². The molecule has 0 saturated carbocycles. The molecule has 3 N–H and O–H groups in total. The molecule has 0 amide bonds. The summed E-state index contributed by atoms with van der Waals surface area (Å²) in [6, 6.07) is 10.7. The number of benzene rings is 1. The number of piperidine rings is 1. The minimum absolute atomic E-state index is 0.0808. The van der Waals surface area contributed by atoms with Crippen molar-refractivity contribution in [2.24, 2.45) is 5.92 Å². The first kappa shape index (κ1) is 18.5. The first-order valence-corrected chi connectivity index (χ1v) is 9.48. The maximum Gasteiger partial charge on any atom is 0.157 e. The van der Waals surface area contributed by atoms with Crippen LogP contribution in [0.4, 0.5) is 17.3 Å². The molecule has 6 nitrogen and oxygen atoms in total. The number of nitrogens with two attached hydrogens (primary N) is 1. The van der Waals surface area contributed by atoms with Gasteiger partial charge in [0, 0.05) is 26.2 Å². The highest BCUT2D eigenvalue weighted by atomic mass is 16.3. The number of aliphatic hydroxyl groups is 1. The van der Waals surface area contributed by atoms with E-state index in [2.05, 4.69) is 45.2 Å². The molecule has 0 aliphatic carbocycles. The van der Waals surface area contributed by atoms with Crippen LogP contribution in [0, 0.1) is 5.92 Å². The highest BCUT2D eigenvalue weighted by Crippen LogP contribution is 2.32. The van der Waals surface area contributed by atoms with Gasteiger partial charge >= 0.3 is 0 Å². The zero-order valence-electron chi connectivity index (χ0n) is 15.5. The Morgan fingerprint density at radius 3 is 2.58 bits per heavy atom. The Morgan fingerprint density at radius 1 is 1.19 bits per heavy atom. The summed E-state index contributed by atoms with van der Waals surface area (Å²) < 4.78 is 0. The fourth-order valence-electron chi connectivity index (χ4n) is 3.71. The van der Waals surface area contributed by atoms with E-state index in [4.69, 9.17) is 5.73 Å². The van der Waals surface area contributed by atoms with E-state index in [9.17, 15) is 5.11 Å². The van der Waals surface area contributed by atoms with Crippen LogP contribution in [-0.2, 0) is 6.42 Å². The number of aliphatic hydroxyl groups excluding tert-OH is 1. The van der Waals surface area contributed by atoms with E-state index < -0.39 is 0 Å². The summed E-state index contributed by atoms with van der Waals surface area (Å²) in [5.74, 6) is 2.25. The van der Waals surface area contributed by atoms with Crippen molar-refractivity contribution < 1.29 is 5.11 Å². The molecule has 1 aliphatic heterocycles. The van der Waals surface area contributed by atoms with Crippen molar-refractivity contribution in [3.05, 3.63) is 42.2 Å². The van der Waals surface area contributed by atoms with Crippen LogP contribution in [0.3, 0.4) is 0 Å². The lowest BCUT2D eigenvalue weighted by Crippen LogP contribution is -2.36. The predicted octanol–water partition coefficient (Wildman–Crippen LogP) is 2.34. The first-order valence-electron chi connectivity index (χ1n) is 9.48. The summed E-state index contributed by atoms with van der Waals surface area (Å²) in [4.78, 5) is 13.1. The van der Waals surface area contributed by atoms with Crippen molar-refractivity contribution in [2.45, 2.75) is 26.2 Å². The number of nitrogens with zero attached hydrogens (tertiary/aromatic N) is 4. The molecule has 0 unspecified atom stereocenters. The highest BCUT2D eigenvalue weighted by Gasteiger charge is 2.24. The Hall–Kier alpha value is -2.34. The van der Waals surface area contributed by atoms with Crippen molar-refractivity contribution in [3.8, 4) is 0 Å². The summed E-state index contributed by atoms with van der Waals surface area (Å²) in [7, 11) is 0. The van der Waals surface area contributed by atoms with Gasteiger partial charge in [-0.15, -0.1) is 0 Å². The molecular weight excluding hydrogens is 326 g/mol. The Bertz CT molecular complexity index is 686. The van der Waals surface area contributed by atoms with Gasteiger partial charge in [0.15, 0.2) is 11.6 Å². The third kappa shape index (κ3) is 4.25. The average molecular weight is 355 g/mol. The maximum absolute atomic E-state index is 9.25. The van der Waals surface area contributed by atoms with Gasteiger partial charge in [0.25, 0.3) is 0 Å². The van der Waals surface area contributed by atoms with Crippen LogP contribution in [0.25, 0.3) is 0 Å². The van der Waals surface area contributed by atoms with Crippen molar-refractivity contribution >= 4 is 17.3 Å². The fraction of sp³-hybridized carbons (Fsp3) is 0.500. The van der Waals surface area contributed by atoms with Crippen LogP contribution in [0.5, 0.6) is 0 Å². The third-order valence-corrected chi connectivity index (χ3v) is 5.17. The van der Waals surface area contributed by atoms with Gasteiger partial charge in [-0.3, -0.25) is 0 Å². The van der Waals surface area contributed by atoms with Gasteiger partial charge in [-0.25, -0.2) is 9.97 Å². The normalized spacial score (nSPS) is 15.2. The van der Waals surface area contributed by atoms with Gasteiger partial charge in [0.2, 0.25) is 0 Å². The molecular formula is C20H29N5O. The number of hydrogen-bond acceptors (Lipinski definition) is 6. The standard InChI is InChI=1S/C20H29N5O/c1-2-24(12-13-26)19-18(21)20(23-15-22-19)25-10-8-17(9-11-25)14-16-6-4-3-5-7-16/h3-7,15,17,26H,2,8-14,21H2,1H3. The van der Waals surface area contributed by atoms with E-state index in [-0.39, 0.29) is 6.61 Å². The number of anilines is 3. The molecule has 2 heterocycles. The van der Waals surface area contributed by atoms with Crippen LogP contribution >= 0.6 is 0 Å². The largest absolute Gasteiger partial charge is 0.395 e. The zero-order chi connectivity index (χ0) is 18.4. The topological polar surface area (TPSA) is 78.5 Å². The smallest absolute Gasteiger partial charge is 0.157 e. The van der Waals surface area contributed by atoms with E-state index in [0.717, 1.165) is 50.5 Å². The van der Waals surface area contributed by atoms with E-state index in [1.807, 2.05) is 11.8 Å².